The number of halogens is 1. The fraction of sp³-hybridized carbons (Fsp3) is 0.457. The molecule has 1 fully saturated rings. The van der Waals surface area contributed by atoms with Gasteiger partial charge in [-0.1, -0.05) is 41.1 Å². The summed E-state index contributed by atoms with van der Waals surface area (Å²) in [6.45, 7) is 7.81. The fourth-order valence-corrected chi connectivity index (χ4v) is 5.71. The highest BCUT2D eigenvalue weighted by Gasteiger charge is 2.31. The number of carbonyl (C=O) groups is 1. The second kappa shape index (κ2) is 16.4. The van der Waals surface area contributed by atoms with E-state index in [-0.39, 0.29) is 6.10 Å². The van der Waals surface area contributed by atoms with Crippen molar-refractivity contribution in [1.82, 2.24) is 9.97 Å². The van der Waals surface area contributed by atoms with E-state index in [2.05, 4.69) is 32.6 Å². The van der Waals surface area contributed by atoms with Gasteiger partial charge in [0.2, 0.25) is 11.8 Å². The summed E-state index contributed by atoms with van der Waals surface area (Å²) in [7, 11) is 3.28. The zero-order valence-electron chi connectivity index (χ0n) is 27.3. The van der Waals surface area contributed by atoms with E-state index in [1.165, 1.54) is 0 Å². The Kier molecular flexibility index (Phi) is 12.6. The molecule has 0 spiro atoms. The summed E-state index contributed by atoms with van der Waals surface area (Å²) in [5.41, 5.74) is 2.43. The third kappa shape index (κ3) is 9.55. The molecule has 46 heavy (non-hydrogen) atoms. The Bertz CT molecular complexity index is 1580. The molecule has 0 radical (unpaired) electrons. The minimum atomic E-state index is -1.16. The van der Waals surface area contributed by atoms with Crippen LogP contribution in [0.5, 0.6) is 11.5 Å². The Labute approximate surface area is 284 Å². The summed E-state index contributed by atoms with van der Waals surface area (Å²) >= 11 is 2.28. The average Bonchev–Trinajstić information content (AvgIpc) is 3.64. The van der Waals surface area contributed by atoms with Gasteiger partial charge in [-0.15, -0.1) is 0 Å². The van der Waals surface area contributed by atoms with Crippen molar-refractivity contribution in [3.63, 3.8) is 0 Å². The number of benzene rings is 2. The summed E-state index contributed by atoms with van der Waals surface area (Å²) in [6, 6.07) is 15.3. The van der Waals surface area contributed by atoms with Crippen molar-refractivity contribution in [2.75, 3.05) is 20.8 Å². The molecular formula is C35H43IN2O8. The minimum Gasteiger partial charge on any atom is -0.497 e. The molecule has 2 heterocycles. The highest BCUT2D eigenvalue weighted by molar-refractivity contribution is 14.1. The number of carboxylic acid groups (broad SMARTS) is 1. The number of hydrogen-bond acceptors (Lipinski definition) is 9. The van der Waals surface area contributed by atoms with Crippen molar-refractivity contribution in [3.8, 4) is 34.4 Å². The Morgan fingerprint density at radius 2 is 1.50 bits per heavy atom. The van der Waals surface area contributed by atoms with Gasteiger partial charge in [0, 0.05) is 15.6 Å². The number of ether oxygens (including phenoxy) is 4. The van der Waals surface area contributed by atoms with Gasteiger partial charge in [0.25, 0.3) is 0 Å². The third-order valence-electron chi connectivity index (χ3n) is 7.93. The summed E-state index contributed by atoms with van der Waals surface area (Å²) in [6.07, 6.45) is 4.02. The van der Waals surface area contributed by atoms with Crippen LogP contribution in [0.15, 0.2) is 57.4 Å². The van der Waals surface area contributed by atoms with E-state index < -0.39 is 11.6 Å². The maximum absolute atomic E-state index is 11.2. The van der Waals surface area contributed by atoms with Gasteiger partial charge in [0.1, 0.15) is 28.7 Å². The molecule has 2 aromatic carbocycles. The van der Waals surface area contributed by atoms with Crippen LogP contribution >= 0.6 is 22.6 Å². The Balaban J connectivity index is 0.000000252. The SMILES string of the molecule is COc1cccc(-c2nc(CI)c(C)o2)c1.COc1cccc(-c2nc(CO[C@@H]3CCC[C@H](COC(C)(C)C(=O)O)C3)c(C)o2)c1. The van der Waals surface area contributed by atoms with Crippen molar-refractivity contribution in [1.29, 1.82) is 0 Å². The summed E-state index contributed by atoms with van der Waals surface area (Å²) in [5, 5.41) is 9.20. The van der Waals surface area contributed by atoms with Gasteiger partial charge >= 0.3 is 5.97 Å². The van der Waals surface area contributed by atoms with E-state index in [1.807, 2.05) is 62.4 Å². The second-order valence-electron chi connectivity index (χ2n) is 11.7. The van der Waals surface area contributed by atoms with Gasteiger partial charge in [0.05, 0.1) is 39.2 Å². The van der Waals surface area contributed by atoms with Crippen LogP contribution in [0, 0.1) is 19.8 Å². The summed E-state index contributed by atoms with van der Waals surface area (Å²) < 4.78 is 34.5. The molecule has 2 aromatic heterocycles. The van der Waals surface area contributed by atoms with Crippen LogP contribution in [0.3, 0.4) is 0 Å². The zero-order valence-corrected chi connectivity index (χ0v) is 29.5. The molecule has 10 nitrogen and oxygen atoms in total. The van der Waals surface area contributed by atoms with Crippen LogP contribution in [0.25, 0.3) is 22.9 Å². The van der Waals surface area contributed by atoms with Crippen LogP contribution in [0.2, 0.25) is 0 Å². The number of hydrogen-bond donors (Lipinski definition) is 1. The molecule has 1 aliphatic rings. The molecular weight excluding hydrogens is 703 g/mol. The molecule has 248 valence electrons. The molecule has 5 rings (SSSR count). The zero-order chi connectivity index (χ0) is 33.3. The van der Waals surface area contributed by atoms with Crippen LogP contribution in [-0.2, 0) is 25.3 Å². The smallest absolute Gasteiger partial charge is 0.335 e. The Morgan fingerprint density at radius 1 is 0.935 bits per heavy atom. The minimum absolute atomic E-state index is 0.108. The van der Waals surface area contributed by atoms with Crippen LogP contribution in [0.4, 0.5) is 0 Å². The molecule has 1 N–H and O–H groups in total. The monoisotopic (exact) mass is 746 g/mol. The maximum Gasteiger partial charge on any atom is 0.335 e. The lowest BCUT2D eigenvalue weighted by molar-refractivity contribution is -0.163. The molecule has 11 heteroatoms. The molecule has 0 aliphatic heterocycles. The average molecular weight is 747 g/mol. The highest BCUT2D eigenvalue weighted by atomic mass is 127. The fourth-order valence-electron chi connectivity index (χ4n) is 5.00. The standard InChI is InChI=1S/C23H31NO6.C12H12INO2/c1-15-20(24-21(30-15)17-8-6-9-18(12-17)27-4)14-28-19-10-5-7-16(11-19)13-29-23(2,3)22(25)26;1-8-11(7-13)14-12(16-8)9-4-3-5-10(6-9)15-2/h6,8-9,12,16,19H,5,7,10-11,13-14H2,1-4H3,(H,25,26);3-6H,7H2,1-2H3/t16-,19+;/m0./s1. The van der Waals surface area contributed by atoms with Crippen molar-refractivity contribution < 1.29 is 37.7 Å². The lowest BCUT2D eigenvalue weighted by Gasteiger charge is -2.31. The number of aliphatic carboxylic acids is 1. The lowest BCUT2D eigenvalue weighted by atomic mass is 9.87. The van der Waals surface area contributed by atoms with E-state index >= 15 is 0 Å². The van der Waals surface area contributed by atoms with E-state index in [9.17, 15) is 9.90 Å². The molecule has 2 atom stereocenters. The Morgan fingerprint density at radius 3 is 2.02 bits per heavy atom. The van der Waals surface area contributed by atoms with Gasteiger partial charge < -0.3 is 32.9 Å². The Hall–Kier alpha value is -3.42. The first-order valence-corrected chi connectivity index (χ1v) is 16.8. The number of methoxy groups -OCH3 is 2. The molecule has 1 saturated carbocycles. The lowest BCUT2D eigenvalue weighted by Crippen LogP contribution is -2.37. The third-order valence-corrected chi connectivity index (χ3v) is 8.65. The van der Waals surface area contributed by atoms with E-state index in [0.29, 0.717) is 30.9 Å². The quantitative estimate of drug-likeness (QED) is 0.112. The number of aromatic nitrogens is 2. The van der Waals surface area contributed by atoms with Gasteiger partial charge in [-0.25, -0.2) is 14.8 Å². The normalized spacial score (nSPS) is 16.4. The van der Waals surface area contributed by atoms with E-state index in [4.69, 9.17) is 27.8 Å². The molecule has 1 aliphatic carbocycles. The number of aryl methyl sites for hydroxylation is 2. The highest BCUT2D eigenvalue weighted by Crippen LogP contribution is 2.30. The maximum atomic E-state index is 11.2. The van der Waals surface area contributed by atoms with Crippen LogP contribution in [0.1, 0.15) is 62.4 Å². The number of oxazole rings is 2. The van der Waals surface area contributed by atoms with Crippen LogP contribution in [-0.4, -0.2) is 53.6 Å². The van der Waals surface area contributed by atoms with Crippen molar-refractivity contribution in [3.05, 3.63) is 71.4 Å². The summed E-state index contributed by atoms with van der Waals surface area (Å²) in [4.78, 5) is 20.3. The van der Waals surface area contributed by atoms with Gasteiger partial charge in [0.15, 0.2) is 5.60 Å². The first-order chi connectivity index (χ1) is 22.0. The van der Waals surface area contributed by atoms with Crippen molar-refractivity contribution in [2.24, 2.45) is 5.92 Å². The number of alkyl halides is 1. The first-order valence-electron chi connectivity index (χ1n) is 15.3. The number of carboxylic acids is 1. The molecule has 0 amide bonds. The largest absolute Gasteiger partial charge is 0.497 e. The number of rotatable bonds is 12. The van der Waals surface area contributed by atoms with E-state index in [1.54, 1.807) is 28.1 Å². The predicted octanol–water partition coefficient (Wildman–Crippen LogP) is 8.21. The van der Waals surface area contributed by atoms with Gasteiger partial charge in [-0.2, -0.15) is 0 Å². The van der Waals surface area contributed by atoms with Gasteiger partial charge in [-0.05, 0) is 89.3 Å². The second-order valence-corrected chi connectivity index (χ2v) is 12.5. The van der Waals surface area contributed by atoms with Crippen LogP contribution < -0.4 is 9.47 Å². The number of nitrogens with zero attached hydrogens (tertiary/aromatic N) is 2. The summed E-state index contributed by atoms with van der Waals surface area (Å²) in [5.74, 6) is 3.75. The molecule has 0 unspecified atom stereocenters. The molecule has 0 saturated heterocycles. The first kappa shape index (κ1) is 35.4. The molecule has 4 aromatic rings. The predicted molar refractivity (Wildman–Crippen MR) is 182 cm³/mol. The van der Waals surface area contributed by atoms with E-state index in [0.717, 1.165) is 75.6 Å². The van der Waals surface area contributed by atoms with Gasteiger partial charge in [-0.3, -0.25) is 0 Å². The topological polar surface area (TPSA) is 126 Å². The van der Waals surface area contributed by atoms with Crippen molar-refractivity contribution >= 4 is 28.6 Å². The molecule has 0 bridgehead atoms. The van der Waals surface area contributed by atoms with Crippen molar-refractivity contribution in [2.45, 2.75) is 76.1 Å².